The normalized spacial score (nSPS) is 24.1. The van der Waals surface area contributed by atoms with Gasteiger partial charge in [-0.1, -0.05) is 36.8 Å². The zero-order chi connectivity index (χ0) is 13.1. The molecule has 18 heavy (non-hydrogen) atoms. The van der Waals surface area contributed by atoms with Crippen molar-refractivity contribution in [2.75, 3.05) is 26.2 Å². The SMILES string of the molecule is CCN1CCN([C@H](C)c2cccc(C)c2)[C@@H](C)C1. The van der Waals surface area contributed by atoms with Crippen molar-refractivity contribution in [1.82, 2.24) is 9.80 Å². The summed E-state index contributed by atoms with van der Waals surface area (Å²) in [4.78, 5) is 5.19. The van der Waals surface area contributed by atoms with Gasteiger partial charge < -0.3 is 4.90 Å². The largest absolute Gasteiger partial charge is 0.301 e. The Balaban J connectivity index is 2.07. The monoisotopic (exact) mass is 246 g/mol. The molecule has 2 rings (SSSR count). The highest BCUT2D eigenvalue weighted by atomic mass is 15.3. The van der Waals surface area contributed by atoms with E-state index in [0.717, 1.165) is 0 Å². The van der Waals surface area contributed by atoms with E-state index in [1.54, 1.807) is 0 Å². The predicted octanol–water partition coefficient (Wildman–Crippen LogP) is 3.08. The predicted molar refractivity (Wildman–Crippen MR) is 77.9 cm³/mol. The Morgan fingerprint density at radius 1 is 1.33 bits per heavy atom. The minimum absolute atomic E-state index is 0.527. The second kappa shape index (κ2) is 5.85. The molecule has 0 N–H and O–H groups in total. The molecule has 1 aliphatic rings. The Bertz CT molecular complexity index is 388. The zero-order valence-electron chi connectivity index (χ0n) is 12.2. The molecule has 1 aromatic carbocycles. The van der Waals surface area contributed by atoms with Gasteiger partial charge in [-0.3, -0.25) is 4.90 Å². The molecule has 1 aliphatic heterocycles. The van der Waals surface area contributed by atoms with Crippen LogP contribution in [0, 0.1) is 6.92 Å². The Labute approximate surface area is 112 Å². The number of nitrogens with zero attached hydrogens (tertiary/aromatic N) is 2. The van der Waals surface area contributed by atoms with Crippen LogP contribution in [0.5, 0.6) is 0 Å². The van der Waals surface area contributed by atoms with Crippen molar-refractivity contribution in [2.45, 2.75) is 39.8 Å². The van der Waals surface area contributed by atoms with E-state index < -0.39 is 0 Å². The van der Waals surface area contributed by atoms with Crippen LogP contribution in [0.15, 0.2) is 24.3 Å². The van der Waals surface area contributed by atoms with Gasteiger partial charge in [-0.2, -0.15) is 0 Å². The average molecular weight is 246 g/mol. The van der Waals surface area contributed by atoms with E-state index >= 15 is 0 Å². The number of hydrogen-bond donors (Lipinski definition) is 0. The number of rotatable bonds is 3. The van der Waals surface area contributed by atoms with Crippen LogP contribution < -0.4 is 0 Å². The van der Waals surface area contributed by atoms with Gasteiger partial charge in [-0.15, -0.1) is 0 Å². The maximum Gasteiger partial charge on any atom is 0.0323 e. The standard InChI is InChI=1S/C16H26N2/c1-5-17-9-10-18(14(3)12-17)15(4)16-8-6-7-13(2)11-16/h6-8,11,14-15H,5,9-10,12H2,1-4H3/t14-,15+/m0/s1. The number of aryl methyl sites for hydroxylation is 1. The zero-order valence-corrected chi connectivity index (χ0v) is 12.2. The third kappa shape index (κ3) is 2.93. The lowest BCUT2D eigenvalue weighted by Crippen LogP contribution is -2.52. The van der Waals surface area contributed by atoms with E-state index in [4.69, 9.17) is 0 Å². The Kier molecular flexibility index (Phi) is 4.41. The minimum Gasteiger partial charge on any atom is -0.301 e. The van der Waals surface area contributed by atoms with Gasteiger partial charge in [0.25, 0.3) is 0 Å². The van der Waals surface area contributed by atoms with E-state index in [1.807, 2.05) is 0 Å². The van der Waals surface area contributed by atoms with Crippen LogP contribution in [0.4, 0.5) is 0 Å². The number of benzene rings is 1. The number of likely N-dealkylation sites (N-methyl/N-ethyl adjacent to an activating group) is 1. The third-order valence-corrected chi connectivity index (χ3v) is 4.23. The molecule has 1 saturated heterocycles. The minimum atomic E-state index is 0.527. The summed E-state index contributed by atoms with van der Waals surface area (Å²) >= 11 is 0. The van der Waals surface area contributed by atoms with Crippen molar-refractivity contribution in [3.63, 3.8) is 0 Å². The Hall–Kier alpha value is -0.860. The van der Waals surface area contributed by atoms with Crippen molar-refractivity contribution < 1.29 is 0 Å². The fourth-order valence-electron chi connectivity index (χ4n) is 3.03. The van der Waals surface area contributed by atoms with E-state index in [0.29, 0.717) is 12.1 Å². The van der Waals surface area contributed by atoms with Gasteiger partial charge in [0.05, 0.1) is 0 Å². The van der Waals surface area contributed by atoms with Gasteiger partial charge in [0, 0.05) is 31.7 Å². The average Bonchev–Trinajstić information content (AvgIpc) is 2.37. The van der Waals surface area contributed by atoms with Gasteiger partial charge >= 0.3 is 0 Å². The topological polar surface area (TPSA) is 6.48 Å². The van der Waals surface area contributed by atoms with Gasteiger partial charge in [-0.05, 0) is 32.9 Å². The highest BCUT2D eigenvalue weighted by Crippen LogP contribution is 2.25. The molecular formula is C16H26N2. The molecule has 0 spiro atoms. The van der Waals surface area contributed by atoms with Gasteiger partial charge in [0.1, 0.15) is 0 Å². The van der Waals surface area contributed by atoms with Crippen LogP contribution in [0.1, 0.15) is 37.9 Å². The molecule has 1 heterocycles. The van der Waals surface area contributed by atoms with E-state index in [9.17, 15) is 0 Å². The third-order valence-electron chi connectivity index (χ3n) is 4.23. The molecule has 0 unspecified atom stereocenters. The molecule has 0 amide bonds. The summed E-state index contributed by atoms with van der Waals surface area (Å²) in [5, 5.41) is 0. The molecule has 2 heteroatoms. The summed E-state index contributed by atoms with van der Waals surface area (Å²) in [5.74, 6) is 0. The molecule has 0 aromatic heterocycles. The maximum absolute atomic E-state index is 2.64. The van der Waals surface area contributed by atoms with Crippen LogP contribution in [0.25, 0.3) is 0 Å². The lowest BCUT2D eigenvalue weighted by molar-refractivity contribution is 0.0570. The summed E-state index contributed by atoms with van der Waals surface area (Å²) in [6, 6.07) is 10.1. The van der Waals surface area contributed by atoms with Crippen molar-refractivity contribution in [3.05, 3.63) is 35.4 Å². The van der Waals surface area contributed by atoms with E-state index in [2.05, 4.69) is 61.8 Å². The summed E-state index contributed by atoms with van der Waals surface area (Å²) in [6.45, 7) is 13.9. The lowest BCUT2D eigenvalue weighted by Gasteiger charge is -2.43. The van der Waals surface area contributed by atoms with Crippen molar-refractivity contribution in [2.24, 2.45) is 0 Å². The molecule has 1 fully saturated rings. The van der Waals surface area contributed by atoms with Gasteiger partial charge in [0.15, 0.2) is 0 Å². The second-order valence-corrected chi connectivity index (χ2v) is 5.57. The Morgan fingerprint density at radius 2 is 2.11 bits per heavy atom. The fraction of sp³-hybridized carbons (Fsp3) is 0.625. The molecule has 0 bridgehead atoms. The first kappa shape index (κ1) is 13.6. The van der Waals surface area contributed by atoms with Gasteiger partial charge in [-0.25, -0.2) is 0 Å². The van der Waals surface area contributed by atoms with Crippen molar-refractivity contribution >= 4 is 0 Å². The van der Waals surface area contributed by atoms with Crippen LogP contribution in [0.3, 0.4) is 0 Å². The second-order valence-electron chi connectivity index (χ2n) is 5.57. The van der Waals surface area contributed by atoms with Crippen molar-refractivity contribution in [3.8, 4) is 0 Å². The van der Waals surface area contributed by atoms with Crippen LogP contribution >= 0.6 is 0 Å². The summed E-state index contributed by atoms with van der Waals surface area (Å²) < 4.78 is 0. The molecule has 0 radical (unpaired) electrons. The number of hydrogen-bond acceptors (Lipinski definition) is 2. The van der Waals surface area contributed by atoms with Crippen molar-refractivity contribution in [1.29, 1.82) is 0 Å². The van der Waals surface area contributed by atoms with E-state index in [-0.39, 0.29) is 0 Å². The molecule has 1 aromatic rings. The summed E-state index contributed by atoms with van der Waals surface area (Å²) in [6.07, 6.45) is 0. The highest BCUT2D eigenvalue weighted by molar-refractivity contribution is 5.25. The molecule has 2 atom stereocenters. The first-order valence-corrected chi connectivity index (χ1v) is 7.16. The first-order valence-electron chi connectivity index (χ1n) is 7.16. The first-order chi connectivity index (χ1) is 8.61. The molecular weight excluding hydrogens is 220 g/mol. The maximum atomic E-state index is 2.64. The van der Waals surface area contributed by atoms with Crippen LogP contribution in [-0.2, 0) is 0 Å². The van der Waals surface area contributed by atoms with Gasteiger partial charge in [0.2, 0.25) is 0 Å². The fourth-order valence-corrected chi connectivity index (χ4v) is 3.03. The molecule has 0 aliphatic carbocycles. The van der Waals surface area contributed by atoms with E-state index in [1.165, 1.54) is 37.3 Å². The lowest BCUT2D eigenvalue weighted by atomic mass is 10.0. The summed E-state index contributed by atoms with van der Waals surface area (Å²) in [5.41, 5.74) is 2.81. The molecule has 100 valence electrons. The smallest absolute Gasteiger partial charge is 0.0323 e. The molecule has 2 nitrogen and oxygen atoms in total. The summed E-state index contributed by atoms with van der Waals surface area (Å²) in [7, 11) is 0. The quantitative estimate of drug-likeness (QED) is 0.808. The molecule has 0 saturated carbocycles. The highest BCUT2D eigenvalue weighted by Gasteiger charge is 2.27. The Morgan fingerprint density at radius 3 is 2.72 bits per heavy atom. The van der Waals surface area contributed by atoms with Crippen LogP contribution in [0.2, 0.25) is 0 Å². The van der Waals surface area contributed by atoms with Crippen LogP contribution in [-0.4, -0.2) is 42.0 Å². The number of piperazine rings is 1.